The van der Waals surface area contributed by atoms with Crippen molar-refractivity contribution in [2.45, 2.75) is 27.3 Å². The van der Waals surface area contributed by atoms with Gasteiger partial charge < -0.3 is 15.5 Å². The average Bonchev–Trinajstić information content (AvgIpc) is 3.27. The maximum atomic E-state index is 12.7. The predicted molar refractivity (Wildman–Crippen MR) is 119 cm³/mol. The SMILES string of the molecule is Cc1ccc(NC(=O)c2nnn(Cc3nc(-c4cccc(Cl)c4)oc3C)c2N)c(C)c1. The van der Waals surface area contributed by atoms with Crippen molar-refractivity contribution in [1.82, 2.24) is 20.0 Å². The Kier molecular flexibility index (Phi) is 5.48. The van der Waals surface area contributed by atoms with Gasteiger partial charge in [0.25, 0.3) is 5.91 Å². The molecule has 2 aromatic carbocycles. The molecule has 2 aromatic heterocycles. The molecule has 0 aliphatic rings. The number of aryl methyl sites for hydroxylation is 3. The standard InChI is InChI=1S/C22H21ClN6O2/c1-12-7-8-17(13(2)9-12)25-21(30)19-20(24)29(28-27-19)11-18-14(3)31-22(26-18)15-5-4-6-16(23)10-15/h4-10H,11,24H2,1-3H3,(H,25,30). The highest BCUT2D eigenvalue weighted by Gasteiger charge is 2.20. The van der Waals surface area contributed by atoms with E-state index in [0.717, 1.165) is 16.7 Å². The smallest absolute Gasteiger partial charge is 0.280 e. The third-order valence-electron chi connectivity index (χ3n) is 4.88. The number of carbonyl (C=O) groups is 1. The van der Waals surface area contributed by atoms with Crippen molar-refractivity contribution in [2.75, 3.05) is 11.1 Å². The number of carbonyl (C=O) groups excluding carboxylic acids is 1. The number of anilines is 2. The molecule has 0 saturated heterocycles. The van der Waals surface area contributed by atoms with Crippen LogP contribution in [0.4, 0.5) is 11.5 Å². The van der Waals surface area contributed by atoms with Crippen molar-refractivity contribution in [3.8, 4) is 11.5 Å². The minimum absolute atomic E-state index is 0.0520. The van der Waals surface area contributed by atoms with Crippen LogP contribution in [0.1, 0.15) is 33.1 Å². The number of nitrogens with zero attached hydrogens (tertiary/aromatic N) is 4. The fourth-order valence-electron chi connectivity index (χ4n) is 3.20. The molecule has 4 aromatic rings. The van der Waals surface area contributed by atoms with Gasteiger partial charge in [0, 0.05) is 16.3 Å². The van der Waals surface area contributed by atoms with Gasteiger partial charge in [-0.2, -0.15) is 0 Å². The lowest BCUT2D eigenvalue weighted by molar-refractivity contribution is 0.102. The molecule has 9 heteroatoms. The molecule has 0 unspecified atom stereocenters. The zero-order valence-corrected chi connectivity index (χ0v) is 18.1. The molecule has 0 aliphatic carbocycles. The quantitative estimate of drug-likeness (QED) is 0.479. The molecule has 0 spiro atoms. The second-order valence-corrected chi connectivity index (χ2v) is 7.72. The van der Waals surface area contributed by atoms with Gasteiger partial charge in [-0.3, -0.25) is 4.79 Å². The van der Waals surface area contributed by atoms with Crippen molar-refractivity contribution < 1.29 is 9.21 Å². The Labute approximate surface area is 184 Å². The van der Waals surface area contributed by atoms with Crippen molar-refractivity contribution in [3.05, 3.63) is 75.8 Å². The summed E-state index contributed by atoms with van der Waals surface area (Å²) in [7, 11) is 0. The summed E-state index contributed by atoms with van der Waals surface area (Å²) >= 11 is 6.05. The normalized spacial score (nSPS) is 11.0. The van der Waals surface area contributed by atoms with Crippen LogP contribution < -0.4 is 11.1 Å². The topological polar surface area (TPSA) is 112 Å². The number of hydrogen-bond donors (Lipinski definition) is 2. The number of amides is 1. The molecule has 0 atom stereocenters. The number of rotatable bonds is 5. The van der Waals surface area contributed by atoms with E-state index >= 15 is 0 Å². The molecular weight excluding hydrogens is 416 g/mol. The van der Waals surface area contributed by atoms with Crippen LogP contribution in [0, 0.1) is 20.8 Å². The molecule has 31 heavy (non-hydrogen) atoms. The monoisotopic (exact) mass is 436 g/mol. The molecule has 3 N–H and O–H groups in total. The molecular formula is C22H21ClN6O2. The van der Waals surface area contributed by atoms with E-state index in [1.54, 1.807) is 19.1 Å². The maximum absolute atomic E-state index is 12.7. The molecule has 0 aliphatic heterocycles. The van der Waals surface area contributed by atoms with E-state index in [0.29, 0.717) is 28.1 Å². The van der Waals surface area contributed by atoms with E-state index in [-0.39, 0.29) is 18.1 Å². The average molecular weight is 437 g/mol. The molecule has 0 radical (unpaired) electrons. The molecule has 0 saturated carbocycles. The highest BCUT2D eigenvalue weighted by Crippen LogP contribution is 2.25. The van der Waals surface area contributed by atoms with Crippen LogP contribution in [-0.4, -0.2) is 25.9 Å². The van der Waals surface area contributed by atoms with Crippen LogP contribution in [0.3, 0.4) is 0 Å². The van der Waals surface area contributed by atoms with E-state index in [1.165, 1.54) is 4.68 Å². The minimum atomic E-state index is -0.424. The molecule has 4 rings (SSSR count). The van der Waals surface area contributed by atoms with Crippen LogP contribution >= 0.6 is 11.6 Å². The lowest BCUT2D eigenvalue weighted by atomic mass is 10.1. The zero-order valence-electron chi connectivity index (χ0n) is 17.3. The molecule has 0 bridgehead atoms. The minimum Gasteiger partial charge on any atom is -0.441 e. The summed E-state index contributed by atoms with van der Waals surface area (Å²) in [5.74, 6) is 0.786. The molecule has 1 amide bonds. The first-order valence-corrected chi connectivity index (χ1v) is 9.99. The summed E-state index contributed by atoms with van der Waals surface area (Å²) in [5, 5.41) is 11.4. The number of aromatic nitrogens is 4. The second kappa shape index (κ2) is 8.23. The van der Waals surface area contributed by atoms with E-state index in [2.05, 4.69) is 20.6 Å². The third-order valence-corrected chi connectivity index (χ3v) is 5.12. The highest BCUT2D eigenvalue weighted by atomic mass is 35.5. The largest absolute Gasteiger partial charge is 0.441 e. The van der Waals surface area contributed by atoms with Gasteiger partial charge in [-0.15, -0.1) is 5.10 Å². The van der Waals surface area contributed by atoms with E-state index in [1.807, 2.05) is 44.2 Å². The molecule has 2 heterocycles. The van der Waals surface area contributed by atoms with Crippen molar-refractivity contribution in [2.24, 2.45) is 0 Å². The maximum Gasteiger partial charge on any atom is 0.280 e. The van der Waals surface area contributed by atoms with E-state index in [4.69, 9.17) is 21.8 Å². The summed E-state index contributed by atoms with van der Waals surface area (Å²) in [5.41, 5.74) is 10.4. The first kappa shape index (κ1) is 20.6. The van der Waals surface area contributed by atoms with Gasteiger partial charge >= 0.3 is 0 Å². The van der Waals surface area contributed by atoms with Gasteiger partial charge in [0.05, 0.1) is 6.54 Å². The number of hydrogen-bond acceptors (Lipinski definition) is 6. The number of nitrogens with two attached hydrogens (primary N) is 1. The van der Waals surface area contributed by atoms with Crippen LogP contribution in [0.5, 0.6) is 0 Å². The van der Waals surface area contributed by atoms with Crippen LogP contribution in [-0.2, 0) is 6.54 Å². The third kappa shape index (κ3) is 4.29. The molecule has 8 nitrogen and oxygen atoms in total. The first-order valence-electron chi connectivity index (χ1n) is 9.61. The lowest BCUT2D eigenvalue weighted by Gasteiger charge is -2.08. The Morgan fingerprint density at radius 2 is 2.00 bits per heavy atom. The Bertz CT molecular complexity index is 1280. The lowest BCUT2D eigenvalue weighted by Crippen LogP contribution is -2.16. The zero-order chi connectivity index (χ0) is 22.1. The molecule has 0 fully saturated rings. The Balaban J connectivity index is 1.54. The Hall–Kier alpha value is -3.65. The highest BCUT2D eigenvalue weighted by molar-refractivity contribution is 6.30. The number of oxazole rings is 1. The second-order valence-electron chi connectivity index (χ2n) is 7.29. The fourth-order valence-corrected chi connectivity index (χ4v) is 3.39. The number of benzene rings is 2. The van der Waals surface area contributed by atoms with Crippen molar-refractivity contribution in [3.63, 3.8) is 0 Å². The molecule has 158 valence electrons. The van der Waals surface area contributed by atoms with E-state index < -0.39 is 5.91 Å². The first-order chi connectivity index (χ1) is 14.8. The fraction of sp³-hybridized carbons (Fsp3) is 0.182. The van der Waals surface area contributed by atoms with E-state index in [9.17, 15) is 4.79 Å². The summed E-state index contributed by atoms with van der Waals surface area (Å²) in [4.78, 5) is 17.2. The Morgan fingerprint density at radius 3 is 2.74 bits per heavy atom. The van der Waals surface area contributed by atoms with Crippen molar-refractivity contribution >= 4 is 29.0 Å². The Morgan fingerprint density at radius 1 is 1.19 bits per heavy atom. The van der Waals surface area contributed by atoms with Gasteiger partial charge in [0.2, 0.25) is 5.89 Å². The van der Waals surface area contributed by atoms with Gasteiger partial charge in [-0.05, 0) is 50.6 Å². The van der Waals surface area contributed by atoms with Crippen molar-refractivity contribution in [1.29, 1.82) is 0 Å². The van der Waals surface area contributed by atoms with Gasteiger partial charge in [-0.1, -0.05) is 40.6 Å². The number of halogens is 1. The number of nitrogens with one attached hydrogen (secondary N) is 1. The van der Waals surface area contributed by atoms with Crippen LogP contribution in [0.15, 0.2) is 46.9 Å². The van der Waals surface area contributed by atoms with Crippen LogP contribution in [0.25, 0.3) is 11.5 Å². The number of nitrogen functional groups attached to an aromatic ring is 1. The summed E-state index contributed by atoms with van der Waals surface area (Å²) in [6, 6.07) is 13.0. The predicted octanol–water partition coefficient (Wildman–Crippen LogP) is 4.39. The van der Waals surface area contributed by atoms with Crippen LogP contribution in [0.2, 0.25) is 5.02 Å². The summed E-state index contributed by atoms with van der Waals surface area (Å²) in [6.45, 7) is 5.93. The van der Waals surface area contributed by atoms with Gasteiger partial charge in [0.1, 0.15) is 11.5 Å². The van der Waals surface area contributed by atoms with Gasteiger partial charge in [-0.25, -0.2) is 9.67 Å². The summed E-state index contributed by atoms with van der Waals surface area (Å²) < 4.78 is 7.19. The van der Waals surface area contributed by atoms with Gasteiger partial charge in [0.15, 0.2) is 11.5 Å². The summed E-state index contributed by atoms with van der Waals surface area (Å²) in [6.07, 6.45) is 0.